The predicted octanol–water partition coefficient (Wildman–Crippen LogP) is 14.6. The zero-order chi connectivity index (χ0) is 47.2. The summed E-state index contributed by atoms with van der Waals surface area (Å²) >= 11 is 31.0. The number of nitrogens with zero attached hydrogens (tertiary/aromatic N) is 6. The van der Waals surface area contributed by atoms with Crippen LogP contribution in [0.2, 0.25) is 25.2 Å². The highest BCUT2D eigenvalue weighted by atomic mass is 35.5. The van der Waals surface area contributed by atoms with Crippen molar-refractivity contribution in [3.63, 3.8) is 0 Å². The molecular formula is C54H53Cl5N8. The van der Waals surface area contributed by atoms with Crippen molar-refractivity contribution in [1.82, 2.24) is 19.8 Å². The van der Waals surface area contributed by atoms with Crippen molar-refractivity contribution in [2.75, 3.05) is 45.6 Å². The number of aromatic nitrogens is 2. The van der Waals surface area contributed by atoms with E-state index in [1.807, 2.05) is 66.9 Å². The van der Waals surface area contributed by atoms with E-state index in [9.17, 15) is 0 Å². The quantitative estimate of drug-likeness (QED) is 0.117. The van der Waals surface area contributed by atoms with Crippen LogP contribution in [0, 0.1) is 13.1 Å². The highest BCUT2D eigenvalue weighted by Gasteiger charge is 2.31. The maximum absolute atomic E-state index is 7.97. The molecule has 0 bridgehead atoms. The van der Waals surface area contributed by atoms with Crippen LogP contribution in [0.5, 0.6) is 0 Å². The fourth-order valence-corrected chi connectivity index (χ4v) is 11.1. The van der Waals surface area contributed by atoms with Crippen molar-refractivity contribution in [3.8, 4) is 22.3 Å². The van der Waals surface area contributed by atoms with E-state index in [1.165, 1.54) is 50.8 Å². The molecule has 4 aliphatic rings. The number of nitrogens with one attached hydrogen (secondary N) is 1. The molecule has 2 aromatic heterocycles. The highest BCUT2D eigenvalue weighted by Crippen LogP contribution is 2.50. The van der Waals surface area contributed by atoms with E-state index in [2.05, 4.69) is 68.2 Å². The summed E-state index contributed by atoms with van der Waals surface area (Å²) in [5.41, 5.74) is 17.2. The molecule has 6 aromatic rings. The average Bonchev–Trinajstić information content (AvgIpc) is 3.96. The molecule has 4 aromatic carbocycles. The van der Waals surface area contributed by atoms with Gasteiger partial charge in [-0.1, -0.05) is 119 Å². The van der Waals surface area contributed by atoms with Crippen LogP contribution < -0.4 is 11.1 Å². The number of halogens is 5. The minimum atomic E-state index is 0.125. The summed E-state index contributed by atoms with van der Waals surface area (Å²) in [4.78, 5) is 21.3. The van der Waals surface area contributed by atoms with E-state index in [0.717, 1.165) is 88.5 Å². The molecule has 4 atom stereocenters. The number of pyridine rings is 2. The Bertz CT molecular complexity index is 2840. The first-order chi connectivity index (χ1) is 32.5. The van der Waals surface area contributed by atoms with Crippen molar-refractivity contribution in [1.29, 1.82) is 0 Å². The highest BCUT2D eigenvalue weighted by molar-refractivity contribution is 6.42. The lowest BCUT2D eigenvalue weighted by atomic mass is 9.76. The number of likely N-dealkylation sites (tertiary alicyclic amines) is 2. The Morgan fingerprint density at radius 2 is 1.13 bits per heavy atom. The summed E-state index contributed by atoms with van der Waals surface area (Å²) in [6, 6.07) is 29.5. The van der Waals surface area contributed by atoms with Crippen LogP contribution in [-0.4, -0.2) is 72.1 Å². The third-order valence-corrected chi connectivity index (χ3v) is 15.6. The minimum Gasteiger partial charge on any atom is -0.379 e. The van der Waals surface area contributed by atoms with E-state index < -0.39 is 0 Å². The molecule has 344 valence electrons. The number of benzene rings is 4. The van der Waals surface area contributed by atoms with E-state index in [1.54, 1.807) is 6.20 Å². The Labute approximate surface area is 420 Å². The monoisotopic (exact) mass is 988 g/mol. The zero-order valence-corrected chi connectivity index (χ0v) is 41.5. The summed E-state index contributed by atoms with van der Waals surface area (Å²) < 4.78 is 0. The molecule has 2 fully saturated rings. The molecule has 8 nitrogen and oxygen atoms in total. The number of rotatable bonds is 8. The van der Waals surface area contributed by atoms with Crippen LogP contribution in [-0.2, 0) is 12.8 Å². The molecule has 0 amide bonds. The lowest BCUT2D eigenvalue weighted by Crippen LogP contribution is -2.27. The standard InChI is InChI=1S/C27H26Cl2N4.C20H11Cl3N2.C7H16N2/c1-30-26-25-18(16-32-27(26)31-12-11-19-6-5-13-33(19)2)14-22(20-7-3-4-8-21(20)25)17-9-10-23(28)24(29)15-17;1-24-19-18-12(10-25-20(19)23)8-15(13-4-2-3-5-14(13)18)11-6-7-16(21)17(22)9-11;1-9-6-2-3-7(9)4-5-8/h3-4,7-10,15-16,19,22H,5-6,11-14H2,2H3,(H,31,32);2-7,9-10,15H,8H2;7H,2-6,8H2,1H3. The van der Waals surface area contributed by atoms with Crippen LogP contribution in [0.1, 0.15) is 83.7 Å². The van der Waals surface area contributed by atoms with Crippen molar-refractivity contribution in [3.05, 3.63) is 179 Å². The van der Waals surface area contributed by atoms with Gasteiger partial charge in [-0.05, 0) is 165 Å². The van der Waals surface area contributed by atoms with Gasteiger partial charge in [0.05, 0.1) is 33.2 Å². The first kappa shape index (κ1) is 48.7. The first-order valence-electron chi connectivity index (χ1n) is 22.9. The molecule has 0 spiro atoms. The molecule has 2 aliphatic heterocycles. The smallest absolute Gasteiger partial charge is 0.236 e. The van der Waals surface area contributed by atoms with Crippen LogP contribution in [0.4, 0.5) is 17.2 Å². The van der Waals surface area contributed by atoms with E-state index in [-0.39, 0.29) is 17.0 Å². The molecule has 10 rings (SSSR count). The average molecular weight is 991 g/mol. The molecule has 4 unspecified atom stereocenters. The zero-order valence-electron chi connectivity index (χ0n) is 37.7. The maximum atomic E-state index is 7.97. The number of nitrogens with two attached hydrogens (primary N) is 1. The maximum Gasteiger partial charge on any atom is 0.236 e. The molecule has 2 saturated heterocycles. The lowest BCUT2D eigenvalue weighted by Gasteiger charge is -2.29. The molecular weight excluding hydrogens is 938 g/mol. The SMILES string of the molecule is CN1CCCC1CCN.[C-]#[N+]c1c(Cl)ncc2c1-c1ccccc1C(c1ccc(Cl)c(Cl)c1)C2.[C-]#[N+]c1c(NCCC2CCCN2C)ncc2c1-c1ccccc1C(c1ccc(Cl)c(Cl)c1)C2. The van der Waals surface area contributed by atoms with Gasteiger partial charge in [0, 0.05) is 42.9 Å². The Hall–Kier alpha value is -4.71. The summed E-state index contributed by atoms with van der Waals surface area (Å²) in [7, 11) is 4.38. The number of hydrogen-bond donors (Lipinski definition) is 2. The van der Waals surface area contributed by atoms with Crippen molar-refractivity contribution >= 4 is 75.2 Å². The Morgan fingerprint density at radius 3 is 1.61 bits per heavy atom. The summed E-state index contributed by atoms with van der Waals surface area (Å²) in [5, 5.41) is 5.91. The molecule has 0 radical (unpaired) electrons. The number of hydrogen-bond acceptors (Lipinski definition) is 6. The van der Waals surface area contributed by atoms with Gasteiger partial charge < -0.3 is 20.9 Å². The van der Waals surface area contributed by atoms with Gasteiger partial charge in [0.1, 0.15) is 11.0 Å². The third-order valence-electron chi connectivity index (χ3n) is 13.8. The van der Waals surface area contributed by atoms with Gasteiger partial charge in [0.2, 0.25) is 11.4 Å². The second-order valence-corrected chi connectivity index (χ2v) is 19.7. The first-order valence-corrected chi connectivity index (χ1v) is 24.8. The Kier molecular flexibility index (Phi) is 16.1. The largest absolute Gasteiger partial charge is 0.379 e. The van der Waals surface area contributed by atoms with Gasteiger partial charge in [-0.3, -0.25) is 9.97 Å². The molecule has 67 heavy (non-hydrogen) atoms. The fourth-order valence-electron chi connectivity index (χ4n) is 10.3. The van der Waals surface area contributed by atoms with Crippen LogP contribution >= 0.6 is 58.0 Å². The van der Waals surface area contributed by atoms with Crippen LogP contribution in [0.15, 0.2) is 97.3 Å². The number of fused-ring (bicyclic) bond motifs is 6. The third kappa shape index (κ3) is 10.6. The lowest BCUT2D eigenvalue weighted by molar-refractivity contribution is 0.299. The summed E-state index contributed by atoms with van der Waals surface area (Å²) in [6.45, 7) is 19.6. The summed E-state index contributed by atoms with van der Waals surface area (Å²) in [6.07, 6.45) is 12.7. The molecule has 2 aliphatic carbocycles. The van der Waals surface area contributed by atoms with E-state index in [0.29, 0.717) is 43.3 Å². The molecule has 3 N–H and O–H groups in total. The van der Waals surface area contributed by atoms with Crippen LogP contribution in [0.3, 0.4) is 0 Å². The second-order valence-electron chi connectivity index (χ2n) is 17.8. The van der Waals surface area contributed by atoms with E-state index in [4.69, 9.17) is 81.9 Å². The van der Waals surface area contributed by atoms with E-state index >= 15 is 0 Å². The molecule has 4 heterocycles. The van der Waals surface area contributed by atoms with Gasteiger partial charge >= 0.3 is 0 Å². The molecule has 0 saturated carbocycles. The Balaban J connectivity index is 0.000000157. The second kappa shape index (κ2) is 22.1. The van der Waals surface area contributed by atoms with Gasteiger partial charge in [-0.15, -0.1) is 0 Å². The van der Waals surface area contributed by atoms with Crippen molar-refractivity contribution < 1.29 is 0 Å². The topological polar surface area (TPSA) is 79.0 Å². The molecule has 13 heteroatoms. The predicted molar refractivity (Wildman–Crippen MR) is 279 cm³/mol. The summed E-state index contributed by atoms with van der Waals surface area (Å²) in [5.74, 6) is 0.952. The van der Waals surface area contributed by atoms with Gasteiger partial charge in [0.25, 0.3) is 0 Å². The van der Waals surface area contributed by atoms with Gasteiger partial charge in [-0.2, -0.15) is 0 Å². The van der Waals surface area contributed by atoms with Gasteiger partial charge in [-0.25, -0.2) is 9.69 Å². The minimum absolute atomic E-state index is 0.125. The van der Waals surface area contributed by atoms with Crippen molar-refractivity contribution in [2.24, 2.45) is 5.73 Å². The van der Waals surface area contributed by atoms with Crippen LogP contribution in [0.25, 0.3) is 31.9 Å². The van der Waals surface area contributed by atoms with Crippen molar-refractivity contribution in [2.45, 2.75) is 75.3 Å². The number of anilines is 1. The Morgan fingerprint density at radius 1 is 0.642 bits per heavy atom. The normalized spacial score (nSPS) is 19.3. The fraction of sp³-hybridized carbons (Fsp3) is 0.333. The van der Waals surface area contributed by atoms with Gasteiger partial charge in [0.15, 0.2) is 0 Å².